The van der Waals surface area contributed by atoms with E-state index in [2.05, 4.69) is 169 Å². The summed E-state index contributed by atoms with van der Waals surface area (Å²) in [5.74, 6) is 7.38. The highest BCUT2D eigenvalue weighted by molar-refractivity contribution is 6.99. The molecule has 73 heavy (non-hydrogen) atoms. The van der Waals surface area contributed by atoms with Crippen molar-refractivity contribution in [3.8, 4) is 22.9 Å². The average molecular weight is 957 g/mol. The molecule has 8 aliphatic carbocycles. The van der Waals surface area contributed by atoms with Gasteiger partial charge in [0.25, 0.3) is 6.71 Å². The predicted molar refractivity (Wildman–Crippen MR) is 305 cm³/mol. The van der Waals surface area contributed by atoms with Crippen LogP contribution in [0.15, 0.2) is 97.1 Å². The highest BCUT2D eigenvalue weighted by Gasteiger charge is 2.71. The van der Waals surface area contributed by atoms with E-state index in [1.165, 1.54) is 165 Å². The SMILES string of the molecule is CC(C)(C)c1ccc2c(c1)B1c3c(cc(-n4c5c(C67CC8CC(CC(C8)C6)C7)cccc5c5cccc(C67CC8CC9CC(C6)C9(C8)C7)c54)cc3-n3c4ccc(C(C)(C)C)cc4c4cc(C(C)(C)C)cc1c43)O2. The van der Waals surface area contributed by atoms with Gasteiger partial charge in [-0.25, -0.2) is 0 Å². The number of fused-ring (bicyclic) bond motifs is 12. The fourth-order valence-corrected chi connectivity index (χ4v) is 20.1. The lowest BCUT2D eigenvalue weighted by molar-refractivity contribution is -0.00460. The Morgan fingerprint density at radius 3 is 1.78 bits per heavy atom. The zero-order valence-corrected chi connectivity index (χ0v) is 45.1. The third kappa shape index (κ3) is 5.45. The maximum Gasteiger partial charge on any atom is 0.256 e. The Balaban J connectivity index is 1.01. The highest BCUT2D eigenvalue weighted by Crippen LogP contribution is 2.79. The summed E-state index contributed by atoms with van der Waals surface area (Å²) < 4.78 is 13.2. The Morgan fingerprint density at radius 1 is 0.479 bits per heavy atom. The first-order valence-electron chi connectivity index (χ1n) is 29.1. The third-order valence-corrected chi connectivity index (χ3v) is 22.7. The van der Waals surface area contributed by atoms with E-state index in [-0.39, 0.29) is 33.8 Å². The van der Waals surface area contributed by atoms with E-state index in [1.807, 2.05) is 0 Å². The standard InChI is InChI=1S/C69H73BN2O/c1-64(2,3)42-16-18-56-50(25-42)51-26-44(66(7,8)9)28-55-63(51)72(56)57-29-47(30-59-60(57)70(55)54-27-43(65(4,5)6)17-19-58(54)73-59)71-61-48(12-10-14-52(61)67-31-38-20-39(32-67)22-40(21-38)33-67)49-13-11-15-53(62(49)71)68-34-41-23-45-24-46(36-68)69(45,35-41)37-68/h10-19,25-30,38-41,45-46H,20-24,31-37H2,1-9H3. The number of hydrogen-bond acceptors (Lipinski definition) is 1. The summed E-state index contributed by atoms with van der Waals surface area (Å²) in [4.78, 5) is 0. The molecule has 0 saturated heterocycles. The van der Waals surface area contributed by atoms with Crippen LogP contribution in [0.5, 0.6) is 11.5 Å². The van der Waals surface area contributed by atoms with Crippen molar-refractivity contribution in [2.75, 3.05) is 0 Å². The summed E-state index contributed by atoms with van der Waals surface area (Å²) in [6.07, 6.45) is 17.0. The van der Waals surface area contributed by atoms with Crippen molar-refractivity contribution in [2.45, 2.75) is 166 Å². The summed E-state index contributed by atoms with van der Waals surface area (Å²) in [5, 5.41) is 5.67. The number of rotatable bonds is 3. The molecule has 0 radical (unpaired) electrons. The number of nitrogens with zero attached hydrogens (tertiary/aromatic N) is 2. The van der Waals surface area contributed by atoms with Crippen molar-refractivity contribution in [3.05, 3.63) is 125 Å². The Bertz CT molecular complexity index is 3780. The average Bonchev–Trinajstić information content (AvgIpc) is 3.98. The van der Waals surface area contributed by atoms with Gasteiger partial charge in [-0.2, -0.15) is 0 Å². The van der Waals surface area contributed by atoms with Gasteiger partial charge in [-0.05, 0) is 220 Å². The van der Waals surface area contributed by atoms with Crippen LogP contribution in [0, 0.1) is 40.9 Å². The topological polar surface area (TPSA) is 19.1 Å². The van der Waals surface area contributed by atoms with Gasteiger partial charge in [-0.3, -0.25) is 0 Å². The minimum Gasteiger partial charge on any atom is -0.458 e. The monoisotopic (exact) mass is 957 g/mol. The van der Waals surface area contributed by atoms with Gasteiger partial charge < -0.3 is 13.9 Å². The first-order chi connectivity index (χ1) is 34.9. The summed E-state index contributed by atoms with van der Waals surface area (Å²) >= 11 is 0. The second-order valence-corrected chi connectivity index (χ2v) is 29.9. The van der Waals surface area contributed by atoms with Gasteiger partial charge >= 0.3 is 0 Å². The molecule has 18 rings (SSSR count). The molecule has 10 aliphatic rings. The van der Waals surface area contributed by atoms with Crippen LogP contribution in [0.25, 0.3) is 55.0 Å². The molecule has 4 heterocycles. The van der Waals surface area contributed by atoms with Crippen LogP contribution >= 0.6 is 0 Å². The summed E-state index contributed by atoms with van der Waals surface area (Å²) in [6.45, 7) is 21.4. The van der Waals surface area contributed by atoms with Crippen molar-refractivity contribution < 1.29 is 4.74 Å². The van der Waals surface area contributed by atoms with Crippen LogP contribution in [-0.2, 0) is 27.1 Å². The molecule has 4 heteroatoms. The van der Waals surface area contributed by atoms with Gasteiger partial charge in [0, 0.05) is 38.8 Å². The molecule has 0 amide bonds. The molecule has 8 saturated carbocycles. The van der Waals surface area contributed by atoms with Crippen LogP contribution < -0.4 is 21.1 Å². The molecule has 0 N–H and O–H groups in total. The van der Waals surface area contributed by atoms with Gasteiger partial charge in [0.05, 0.1) is 22.2 Å². The molecule has 5 unspecified atom stereocenters. The zero-order valence-electron chi connectivity index (χ0n) is 45.1. The number of ether oxygens (including phenoxy) is 1. The number of aromatic nitrogens is 2. The van der Waals surface area contributed by atoms with E-state index in [0.29, 0.717) is 5.41 Å². The van der Waals surface area contributed by atoms with Crippen molar-refractivity contribution in [3.63, 3.8) is 0 Å². The van der Waals surface area contributed by atoms with Crippen molar-refractivity contribution in [2.24, 2.45) is 40.9 Å². The number of para-hydroxylation sites is 2. The summed E-state index contributed by atoms with van der Waals surface area (Å²) in [7, 11) is 0. The van der Waals surface area contributed by atoms with E-state index in [1.54, 1.807) is 11.1 Å². The van der Waals surface area contributed by atoms with E-state index in [9.17, 15) is 0 Å². The molecule has 3 nitrogen and oxygen atoms in total. The smallest absolute Gasteiger partial charge is 0.256 e. The van der Waals surface area contributed by atoms with Crippen LogP contribution in [-0.4, -0.2) is 15.8 Å². The lowest BCUT2D eigenvalue weighted by Gasteiger charge is -2.57. The largest absolute Gasteiger partial charge is 0.458 e. The molecule has 2 aromatic heterocycles. The second kappa shape index (κ2) is 13.4. The highest BCUT2D eigenvalue weighted by atomic mass is 16.5. The minimum absolute atomic E-state index is 0.00309. The molecule has 6 aromatic carbocycles. The Hall–Kier alpha value is -5.22. The Labute approximate surface area is 433 Å². The van der Waals surface area contributed by atoms with Crippen LogP contribution in [0.1, 0.15) is 167 Å². The Morgan fingerprint density at radius 2 is 1.10 bits per heavy atom. The molecular weight excluding hydrogens is 884 g/mol. The lowest BCUT2D eigenvalue weighted by atomic mass is 9.34. The molecule has 8 aromatic rings. The zero-order chi connectivity index (χ0) is 49.2. The minimum atomic E-state index is -0.0334. The summed E-state index contributed by atoms with van der Waals surface area (Å²) in [5.41, 5.74) is 20.8. The van der Waals surface area contributed by atoms with Gasteiger partial charge in [0.1, 0.15) is 11.5 Å². The van der Waals surface area contributed by atoms with E-state index in [4.69, 9.17) is 4.74 Å². The molecule has 368 valence electrons. The molecule has 2 aliphatic heterocycles. The summed E-state index contributed by atoms with van der Waals surface area (Å²) in [6, 6.07) is 40.2. The van der Waals surface area contributed by atoms with E-state index in [0.717, 1.165) is 47.0 Å². The molecule has 1 spiro atoms. The lowest BCUT2D eigenvalue weighted by Crippen LogP contribution is -2.58. The first-order valence-corrected chi connectivity index (χ1v) is 29.1. The normalized spacial score (nSPS) is 30.9. The van der Waals surface area contributed by atoms with E-state index >= 15 is 0 Å². The third-order valence-electron chi connectivity index (χ3n) is 22.7. The van der Waals surface area contributed by atoms with Crippen molar-refractivity contribution >= 4 is 66.7 Å². The van der Waals surface area contributed by atoms with Crippen molar-refractivity contribution in [1.82, 2.24) is 9.13 Å². The van der Waals surface area contributed by atoms with Crippen LogP contribution in [0.3, 0.4) is 0 Å². The molecule has 8 fully saturated rings. The number of benzene rings is 6. The Kier molecular flexibility index (Phi) is 7.91. The van der Waals surface area contributed by atoms with Gasteiger partial charge in [-0.1, -0.05) is 123 Å². The van der Waals surface area contributed by atoms with Crippen molar-refractivity contribution in [1.29, 1.82) is 0 Å². The van der Waals surface area contributed by atoms with Crippen LogP contribution in [0.2, 0.25) is 0 Å². The fraction of sp³-hybridized carbons (Fsp3) is 0.478. The molecule has 5 atom stereocenters. The van der Waals surface area contributed by atoms with E-state index < -0.39 is 0 Å². The number of hydrogen-bond donors (Lipinski definition) is 0. The fourth-order valence-electron chi connectivity index (χ4n) is 20.1. The van der Waals surface area contributed by atoms with Gasteiger partial charge in [0.2, 0.25) is 0 Å². The quantitative estimate of drug-likeness (QED) is 0.162. The first kappa shape index (κ1) is 43.1. The van der Waals surface area contributed by atoms with Gasteiger partial charge in [-0.15, -0.1) is 0 Å². The van der Waals surface area contributed by atoms with Gasteiger partial charge in [0.15, 0.2) is 0 Å². The predicted octanol–water partition coefficient (Wildman–Crippen LogP) is 15.6. The van der Waals surface area contributed by atoms with Crippen LogP contribution in [0.4, 0.5) is 0 Å². The maximum atomic E-state index is 7.57. The molecular formula is C69H73BN2O. The molecule has 7 bridgehead atoms. The maximum absolute atomic E-state index is 7.57. The second-order valence-electron chi connectivity index (χ2n) is 29.9.